The van der Waals surface area contributed by atoms with Gasteiger partial charge in [-0.25, -0.2) is 4.79 Å². The number of rotatable bonds is 4. The number of para-hydroxylation sites is 2. The minimum atomic E-state index is -0.0621. The van der Waals surface area contributed by atoms with Crippen molar-refractivity contribution in [3.8, 4) is 0 Å². The van der Waals surface area contributed by atoms with Crippen molar-refractivity contribution >= 4 is 29.3 Å². The number of carbonyl (C=O) groups excluding carboxylic acids is 1. The van der Waals surface area contributed by atoms with Crippen LogP contribution < -0.4 is 11.4 Å². The normalized spacial score (nSPS) is 16.8. The second-order valence-electron chi connectivity index (χ2n) is 6.45. The molecule has 0 aliphatic carbocycles. The number of nitrogens with zero attached hydrogens (tertiary/aromatic N) is 2. The summed E-state index contributed by atoms with van der Waals surface area (Å²) in [6.07, 6.45) is 2.85. The lowest BCUT2D eigenvalue weighted by Gasteiger charge is -2.32. The minimum Gasteiger partial charge on any atom is -0.343 e. The number of nitrogens with one attached hydrogen (secondary N) is 1. The standard InChI is InChI=1S/C17H24N4O2.ClH/c1-12(18)6-7-16(22)20-10-8-13(9-11-20)21-15-5-3-2-4-14(15)19-17(21)23;/h2-5,12-13H,6-11,18H2,1H3,(H,19,23);1H. The first kappa shape index (κ1) is 18.5. The maximum atomic E-state index is 12.2. The molecule has 1 fully saturated rings. The van der Waals surface area contributed by atoms with Crippen molar-refractivity contribution in [3.63, 3.8) is 0 Å². The number of hydrogen-bond acceptors (Lipinski definition) is 3. The van der Waals surface area contributed by atoms with Gasteiger partial charge in [-0.3, -0.25) is 9.36 Å². The molecule has 1 saturated heterocycles. The lowest BCUT2D eigenvalue weighted by Crippen LogP contribution is -2.40. The molecule has 0 bridgehead atoms. The zero-order chi connectivity index (χ0) is 16.4. The van der Waals surface area contributed by atoms with Gasteiger partial charge in [0, 0.05) is 31.6 Å². The lowest BCUT2D eigenvalue weighted by atomic mass is 10.0. The molecule has 1 amide bonds. The number of halogens is 1. The summed E-state index contributed by atoms with van der Waals surface area (Å²) in [5.41, 5.74) is 7.46. The summed E-state index contributed by atoms with van der Waals surface area (Å²) >= 11 is 0. The molecule has 1 aliphatic rings. The highest BCUT2D eigenvalue weighted by Gasteiger charge is 2.25. The van der Waals surface area contributed by atoms with Crippen LogP contribution in [0.5, 0.6) is 0 Å². The third-order valence-electron chi connectivity index (χ3n) is 4.62. The molecule has 7 heteroatoms. The van der Waals surface area contributed by atoms with Crippen molar-refractivity contribution in [1.29, 1.82) is 0 Å². The topological polar surface area (TPSA) is 84.1 Å². The predicted molar refractivity (Wildman–Crippen MR) is 97.5 cm³/mol. The van der Waals surface area contributed by atoms with Crippen LogP contribution >= 0.6 is 12.4 Å². The highest BCUT2D eigenvalue weighted by molar-refractivity contribution is 5.85. The average Bonchev–Trinajstić information content (AvgIpc) is 2.88. The second kappa shape index (κ2) is 7.85. The summed E-state index contributed by atoms with van der Waals surface area (Å²) in [5.74, 6) is 0.173. The van der Waals surface area contributed by atoms with E-state index in [9.17, 15) is 9.59 Å². The number of nitrogens with two attached hydrogens (primary N) is 1. The molecular formula is C17H25ClN4O2. The number of imidazole rings is 1. The number of carbonyl (C=O) groups is 1. The third kappa shape index (κ3) is 3.82. The Balaban J connectivity index is 0.00000208. The van der Waals surface area contributed by atoms with Crippen LogP contribution in [0.15, 0.2) is 29.1 Å². The van der Waals surface area contributed by atoms with Gasteiger partial charge in [-0.2, -0.15) is 0 Å². The first-order chi connectivity index (χ1) is 11.1. The number of benzene rings is 1. The van der Waals surface area contributed by atoms with Crippen molar-refractivity contribution in [2.75, 3.05) is 13.1 Å². The van der Waals surface area contributed by atoms with E-state index in [2.05, 4.69) is 4.98 Å². The summed E-state index contributed by atoms with van der Waals surface area (Å²) in [6.45, 7) is 3.33. The molecule has 0 saturated carbocycles. The number of piperidine rings is 1. The van der Waals surface area contributed by atoms with Gasteiger partial charge >= 0.3 is 5.69 Å². The molecular weight excluding hydrogens is 328 g/mol. The van der Waals surface area contributed by atoms with Gasteiger partial charge < -0.3 is 15.6 Å². The Kier molecular flexibility index (Phi) is 6.07. The molecule has 3 rings (SSSR count). The number of aromatic amines is 1. The second-order valence-corrected chi connectivity index (χ2v) is 6.45. The van der Waals surface area contributed by atoms with Crippen LogP contribution in [0.3, 0.4) is 0 Å². The Morgan fingerprint density at radius 2 is 2.00 bits per heavy atom. The van der Waals surface area contributed by atoms with E-state index in [0.717, 1.165) is 30.3 Å². The quantitative estimate of drug-likeness (QED) is 0.883. The fourth-order valence-corrected chi connectivity index (χ4v) is 3.32. The van der Waals surface area contributed by atoms with Gasteiger partial charge in [0.05, 0.1) is 11.0 Å². The molecule has 132 valence electrons. The van der Waals surface area contributed by atoms with Gasteiger partial charge in [0.2, 0.25) is 5.91 Å². The summed E-state index contributed by atoms with van der Waals surface area (Å²) in [6, 6.07) is 7.95. The summed E-state index contributed by atoms with van der Waals surface area (Å²) in [5, 5.41) is 0. The summed E-state index contributed by atoms with van der Waals surface area (Å²) in [7, 11) is 0. The van der Waals surface area contributed by atoms with E-state index in [1.165, 1.54) is 0 Å². The van der Waals surface area contributed by atoms with Crippen LogP contribution in [-0.4, -0.2) is 39.5 Å². The van der Waals surface area contributed by atoms with Crippen LogP contribution in [0.4, 0.5) is 0 Å². The van der Waals surface area contributed by atoms with E-state index in [1.54, 1.807) is 0 Å². The molecule has 24 heavy (non-hydrogen) atoms. The Morgan fingerprint density at radius 3 is 2.67 bits per heavy atom. The number of aromatic nitrogens is 2. The van der Waals surface area contributed by atoms with E-state index < -0.39 is 0 Å². The predicted octanol–water partition coefficient (Wildman–Crippen LogP) is 2.04. The minimum absolute atomic E-state index is 0. The van der Waals surface area contributed by atoms with Gasteiger partial charge in [-0.1, -0.05) is 12.1 Å². The van der Waals surface area contributed by atoms with Crippen LogP contribution in [-0.2, 0) is 4.79 Å². The van der Waals surface area contributed by atoms with Gasteiger partial charge in [0.1, 0.15) is 0 Å². The SMILES string of the molecule is CC(N)CCC(=O)N1CCC(n2c(=O)[nH]c3ccccc32)CC1.Cl. The fraction of sp³-hybridized carbons (Fsp3) is 0.529. The number of amides is 1. The highest BCUT2D eigenvalue weighted by atomic mass is 35.5. The van der Waals surface area contributed by atoms with Crippen LogP contribution in [0.25, 0.3) is 11.0 Å². The zero-order valence-electron chi connectivity index (χ0n) is 13.9. The number of likely N-dealkylation sites (tertiary alicyclic amines) is 1. The average molecular weight is 353 g/mol. The Bertz CT molecular complexity index is 744. The van der Waals surface area contributed by atoms with Crippen molar-refractivity contribution < 1.29 is 4.79 Å². The lowest BCUT2D eigenvalue weighted by molar-refractivity contribution is -0.132. The van der Waals surface area contributed by atoms with Gasteiger partial charge in [0.15, 0.2) is 0 Å². The molecule has 1 unspecified atom stereocenters. The number of fused-ring (bicyclic) bond motifs is 1. The van der Waals surface area contributed by atoms with Crippen LogP contribution in [0, 0.1) is 0 Å². The smallest absolute Gasteiger partial charge is 0.326 e. The van der Waals surface area contributed by atoms with E-state index in [-0.39, 0.29) is 36.1 Å². The maximum Gasteiger partial charge on any atom is 0.326 e. The van der Waals surface area contributed by atoms with Crippen molar-refractivity contribution in [1.82, 2.24) is 14.5 Å². The third-order valence-corrected chi connectivity index (χ3v) is 4.62. The van der Waals surface area contributed by atoms with Gasteiger partial charge in [-0.15, -0.1) is 12.4 Å². The largest absolute Gasteiger partial charge is 0.343 e. The fourth-order valence-electron chi connectivity index (χ4n) is 3.32. The zero-order valence-corrected chi connectivity index (χ0v) is 14.7. The van der Waals surface area contributed by atoms with Crippen LogP contribution in [0.2, 0.25) is 0 Å². The highest BCUT2D eigenvalue weighted by Crippen LogP contribution is 2.25. The molecule has 1 atom stereocenters. The molecule has 6 nitrogen and oxygen atoms in total. The maximum absolute atomic E-state index is 12.2. The summed E-state index contributed by atoms with van der Waals surface area (Å²) < 4.78 is 1.85. The number of H-pyrrole nitrogens is 1. The molecule has 0 spiro atoms. The molecule has 1 aromatic heterocycles. The summed E-state index contributed by atoms with van der Waals surface area (Å²) in [4.78, 5) is 29.2. The molecule has 3 N–H and O–H groups in total. The van der Waals surface area contributed by atoms with Crippen molar-refractivity contribution in [2.24, 2.45) is 5.73 Å². The van der Waals surface area contributed by atoms with Crippen molar-refractivity contribution in [3.05, 3.63) is 34.7 Å². The molecule has 2 heterocycles. The Morgan fingerprint density at radius 1 is 1.33 bits per heavy atom. The van der Waals surface area contributed by atoms with Crippen molar-refractivity contribution in [2.45, 2.75) is 44.7 Å². The molecule has 1 aromatic carbocycles. The molecule has 2 aromatic rings. The van der Waals surface area contributed by atoms with E-state index in [1.807, 2.05) is 40.7 Å². The van der Waals surface area contributed by atoms with E-state index >= 15 is 0 Å². The van der Waals surface area contributed by atoms with E-state index in [4.69, 9.17) is 5.73 Å². The van der Waals surface area contributed by atoms with E-state index in [0.29, 0.717) is 19.5 Å². The first-order valence-corrected chi connectivity index (χ1v) is 8.29. The monoisotopic (exact) mass is 352 g/mol. The Labute approximate surface area is 147 Å². The number of hydrogen-bond donors (Lipinski definition) is 2. The van der Waals surface area contributed by atoms with Gasteiger partial charge in [-0.05, 0) is 38.3 Å². The van der Waals surface area contributed by atoms with Crippen LogP contribution in [0.1, 0.15) is 38.6 Å². The van der Waals surface area contributed by atoms with Gasteiger partial charge in [0.25, 0.3) is 0 Å². The Hall–Kier alpha value is -1.79. The first-order valence-electron chi connectivity index (χ1n) is 8.29. The molecule has 1 aliphatic heterocycles. The molecule has 0 radical (unpaired) electrons.